The van der Waals surface area contributed by atoms with Crippen molar-refractivity contribution in [2.45, 2.75) is 11.4 Å². The van der Waals surface area contributed by atoms with Crippen LogP contribution in [0.5, 0.6) is 0 Å². The fourth-order valence-electron chi connectivity index (χ4n) is 2.12. The number of sulfone groups is 1. The lowest BCUT2D eigenvalue weighted by molar-refractivity contribution is 0.0954. The summed E-state index contributed by atoms with van der Waals surface area (Å²) in [5.41, 5.74) is 1.30. The Morgan fingerprint density at radius 1 is 1.24 bits per heavy atom. The van der Waals surface area contributed by atoms with Gasteiger partial charge in [0.05, 0.1) is 38.2 Å². The zero-order valence-corrected chi connectivity index (χ0v) is 15.4. The number of carbonyl (C=O) groups is 1. The highest BCUT2D eigenvalue weighted by molar-refractivity contribution is 7.90. The van der Waals surface area contributed by atoms with Gasteiger partial charge in [-0.05, 0) is 36.4 Å². The van der Waals surface area contributed by atoms with E-state index in [1.165, 1.54) is 34.3 Å². The number of halogens is 1. The molecule has 0 fully saturated rings. The molecule has 0 saturated carbocycles. The monoisotopic (exact) mass is 396 g/mol. The first-order valence-electron chi connectivity index (χ1n) is 7.08. The van der Waals surface area contributed by atoms with Gasteiger partial charge in [0.25, 0.3) is 5.91 Å². The lowest BCUT2D eigenvalue weighted by Gasteiger charge is -2.08. The average Bonchev–Trinajstić information content (AvgIpc) is 3.21. The Morgan fingerprint density at radius 2 is 1.96 bits per heavy atom. The largest absolute Gasteiger partial charge is 0.346 e. The third-order valence-electron chi connectivity index (χ3n) is 3.36. The molecule has 0 aliphatic rings. The summed E-state index contributed by atoms with van der Waals surface area (Å²) in [5, 5.41) is 10.6. The summed E-state index contributed by atoms with van der Waals surface area (Å²) in [6, 6.07) is 9.59. The van der Waals surface area contributed by atoms with Crippen LogP contribution >= 0.6 is 22.9 Å². The van der Waals surface area contributed by atoms with Crippen molar-refractivity contribution < 1.29 is 13.2 Å². The van der Waals surface area contributed by atoms with E-state index in [1.807, 2.05) is 0 Å². The van der Waals surface area contributed by atoms with Crippen molar-refractivity contribution in [2.24, 2.45) is 0 Å². The Hall–Kier alpha value is -2.23. The molecule has 0 spiro atoms. The number of nitrogens with one attached hydrogen (secondary N) is 1. The molecule has 0 unspecified atom stereocenters. The summed E-state index contributed by atoms with van der Waals surface area (Å²) >= 11 is 7.02. The van der Waals surface area contributed by atoms with Crippen LogP contribution in [0, 0.1) is 0 Å². The number of nitrogens with zero attached hydrogens (tertiary/aromatic N) is 3. The highest BCUT2D eigenvalue weighted by Crippen LogP contribution is 2.21. The van der Waals surface area contributed by atoms with Crippen LogP contribution in [0.4, 0.5) is 0 Å². The van der Waals surface area contributed by atoms with E-state index in [0.29, 0.717) is 20.6 Å². The normalized spacial score (nSPS) is 11.4. The van der Waals surface area contributed by atoms with Gasteiger partial charge in [-0.1, -0.05) is 16.8 Å². The van der Waals surface area contributed by atoms with Crippen LogP contribution in [-0.2, 0) is 16.4 Å². The topological polar surface area (TPSA) is 93.9 Å². The predicted molar refractivity (Wildman–Crippen MR) is 95.0 cm³/mol. The van der Waals surface area contributed by atoms with Gasteiger partial charge < -0.3 is 5.32 Å². The van der Waals surface area contributed by atoms with Crippen LogP contribution in [0.25, 0.3) is 5.69 Å². The molecular weight excluding hydrogens is 384 g/mol. The molecule has 0 aliphatic carbocycles. The van der Waals surface area contributed by atoms with Crippen LogP contribution < -0.4 is 5.32 Å². The summed E-state index contributed by atoms with van der Waals surface area (Å²) in [4.78, 5) is 12.8. The highest BCUT2D eigenvalue weighted by Gasteiger charge is 2.12. The van der Waals surface area contributed by atoms with E-state index in [9.17, 15) is 13.2 Å². The fraction of sp³-hybridized carbons (Fsp3) is 0.133. The minimum absolute atomic E-state index is 0.217. The number of carbonyl (C=O) groups excluding carboxylic acids is 1. The standard InChI is InChI=1S/C15H13ClN4O3S2/c1-25(22,23)12-4-2-10(3-5-12)20-11(9-18-19-20)8-17-15(21)13-6-7-14(16)24-13/h2-7,9H,8H2,1H3,(H,17,21). The number of rotatable bonds is 5. The van der Waals surface area contributed by atoms with Gasteiger partial charge in [-0.15, -0.1) is 16.4 Å². The third-order valence-corrected chi connectivity index (χ3v) is 5.71. The summed E-state index contributed by atoms with van der Waals surface area (Å²) < 4.78 is 25.1. The van der Waals surface area contributed by atoms with E-state index in [2.05, 4.69) is 15.6 Å². The van der Waals surface area contributed by atoms with Gasteiger partial charge >= 0.3 is 0 Å². The Morgan fingerprint density at radius 3 is 2.56 bits per heavy atom. The van der Waals surface area contributed by atoms with Crippen molar-refractivity contribution >= 4 is 38.7 Å². The first-order valence-corrected chi connectivity index (χ1v) is 10.2. The van der Waals surface area contributed by atoms with Crippen molar-refractivity contribution in [1.29, 1.82) is 0 Å². The van der Waals surface area contributed by atoms with Crippen molar-refractivity contribution in [3.8, 4) is 5.69 Å². The predicted octanol–water partition coefficient (Wildman–Crippen LogP) is 2.32. The number of amides is 1. The van der Waals surface area contributed by atoms with Gasteiger partial charge in [0.1, 0.15) is 0 Å². The molecule has 2 aromatic heterocycles. The quantitative estimate of drug-likeness (QED) is 0.714. The maximum Gasteiger partial charge on any atom is 0.261 e. The van der Waals surface area contributed by atoms with Crippen LogP contribution in [0.1, 0.15) is 15.4 Å². The maximum atomic E-state index is 12.1. The van der Waals surface area contributed by atoms with Gasteiger partial charge in [0.2, 0.25) is 0 Å². The minimum atomic E-state index is -3.26. The maximum absolute atomic E-state index is 12.1. The van der Waals surface area contributed by atoms with Crippen molar-refractivity contribution in [1.82, 2.24) is 20.3 Å². The minimum Gasteiger partial charge on any atom is -0.346 e. The second-order valence-corrected chi connectivity index (χ2v) is 8.92. The molecule has 1 amide bonds. The summed E-state index contributed by atoms with van der Waals surface area (Å²) in [6.45, 7) is 0.217. The Labute approximate surface area is 153 Å². The molecule has 1 aromatic carbocycles. The first kappa shape index (κ1) is 17.6. The molecule has 2 heterocycles. The summed E-state index contributed by atoms with van der Waals surface area (Å²) in [7, 11) is -3.26. The van der Waals surface area contributed by atoms with Gasteiger partial charge in [0.15, 0.2) is 9.84 Å². The molecule has 25 heavy (non-hydrogen) atoms. The van der Waals surface area contributed by atoms with Gasteiger partial charge in [0, 0.05) is 6.26 Å². The molecule has 0 aliphatic heterocycles. The number of benzene rings is 1. The van der Waals surface area contributed by atoms with Crippen LogP contribution in [0.3, 0.4) is 0 Å². The Balaban J connectivity index is 1.75. The van der Waals surface area contributed by atoms with E-state index in [0.717, 1.165) is 6.26 Å². The number of thiophene rings is 1. The number of hydrogen-bond donors (Lipinski definition) is 1. The fourth-order valence-corrected chi connectivity index (χ4v) is 3.71. The van der Waals surface area contributed by atoms with Gasteiger partial charge in [-0.25, -0.2) is 13.1 Å². The Kier molecular flexibility index (Phi) is 4.89. The molecule has 130 valence electrons. The molecule has 3 rings (SSSR count). The van der Waals surface area contributed by atoms with Gasteiger partial charge in [-0.3, -0.25) is 4.79 Å². The molecule has 0 bridgehead atoms. The van der Waals surface area contributed by atoms with E-state index in [1.54, 1.807) is 24.3 Å². The number of aromatic nitrogens is 3. The third kappa shape index (κ3) is 4.06. The molecule has 3 aromatic rings. The number of hydrogen-bond acceptors (Lipinski definition) is 6. The van der Waals surface area contributed by atoms with Crippen LogP contribution in [0.15, 0.2) is 47.5 Å². The van der Waals surface area contributed by atoms with Crippen molar-refractivity contribution in [2.75, 3.05) is 6.26 Å². The highest BCUT2D eigenvalue weighted by atomic mass is 35.5. The molecule has 10 heteroatoms. The Bertz CT molecular complexity index is 1010. The molecule has 1 N–H and O–H groups in total. The van der Waals surface area contributed by atoms with Crippen molar-refractivity contribution in [3.63, 3.8) is 0 Å². The molecule has 0 saturated heterocycles. The van der Waals surface area contributed by atoms with E-state index in [4.69, 9.17) is 11.6 Å². The second kappa shape index (κ2) is 6.95. The first-order chi connectivity index (χ1) is 11.8. The van der Waals surface area contributed by atoms with Gasteiger partial charge in [-0.2, -0.15) is 0 Å². The van der Waals surface area contributed by atoms with E-state index < -0.39 is 9.84 Å². The second-order valence-electron chi connectivity index (χ2n) is 5.19. The average molecular weight is 397 g/mol. The van der Waals surface area contributed by atoms with Crippen LogP contribution in [0.2, 0.25) is 4.34 Å². The summed E-state index contributed by atoms with van der Waals surface area (Å²) in [6.07, 6.45) is 2.68. The van der Waals surface area contributed by atoms with E-state index in [-0.39, 0.29) is 17.3 Å². The smallest absolute Gasteiger partial charge is 0.261 e. The zero-order chi connectivity index (χ0) is 18.0. The zero-order valence-electron chi connectivity index (χ0n) is 13.0. The SMILES string of the molecule is CS(=O)(=O)c1ccc(-n2nncc2CNC(=O)c2ccc(Cl)s2)cc1. The molecule has 0 radical (unpaired) electrons. The lowest BCUT2D eigenvalue weighted by Crippen LogP contribution is -2.23. The van der Waals surface area contributed by atoms with Crippen LogP contribution in [-0.4, -0.2) is 35.6 Å². The molecule has 7 nitrogen and oxygen atoms in total. The summed E-state index contributed by atoms with van der Waals surface area (Å²) in [5.74, 6) is -0.239. The lowest BCUT2D eigenvalue weighted by atomic mass is 10.3. The van der Waals surface area contributed by atoms with E-state index >= 15 is 0 Å². The molecule has 0 atom stereocenters. The van der Waals surface area contributed by atoms with Crippen molar-refractivity contribution in [3.05, 3.63) is 57.5 Å². The molecular formula is C15H13ClN4O3S2.